The van der Waals surface area contributed by atoms with Gasteiger partial charge >= 0.3 is 0 Å². The summed E-state index contributed by atoms with van der Waals surface area (Å²) in [5, 5.41) is 12.7. The van der Waals surface area contributed by atoms with Crippen molar-refractivity contribution in [1.29, 1.82) is 0 Å². The third-order valence-electron chi connectivity index (χ3n) is 5.07. The van der Waals surface area contributed by atoms with Crippen LogP contribution >= 0.6 is 15.9 Å². The molecule has 0 saturated heterocycles. The lowest BCUT2D eigenvalue weighted by Gasteiger charge is -2.29. The van der Waals surface area contributed by atoms with Crippen molar-refractivity contribution in [2.75, 3.05) is 5.32 Å². The standard InChI is InChI=1S/C20H18BrFN4O2/c1-10-19(14(7-18(27)24-10)11-2-4-13(21)5-3-11)20(28)25-17-6-12-9-23-26-16(12)8-15(17)22/h2,4,6,8-9,14H,3,5,7H2,1H3,(H,23,26)(H,24,27)(H,25,28). The first kappa shape index (κ1) is 18.6. The number of halogens is 2. The fourth-order valence-electron chi connectivity index (χ4n) is 3.69. The van der Waals surface area contributed by atoms with Gasteiger partial charge in [0.05, 0.1) is 17.4 Å². The summed E-state index contributed by atoms with van der Waals surface area (Å²) in [4.78, 5) is 25.2. The molecule has 1 atom stereocenters. The normalized spacial score (nSPS) is 20.0. The van der Waals surface area contributed by atoms with E-state index in [1.165, 1.54) is 12.1 Å². The van der Waals surface area contributed by atoms with Crippen LogP contribution in [0.4, 0.5) is 10.1 Å². The second-order valence-electron chi connectivity index (χ2n) is 6.94. The van der Waals surface area contributed by atoms with Crippen LogP contribution in [0.5, 0.6) is 0 Å². The first-order valence-electron chi connectivity index (χ1n) is 8.92. The molecule has 6 nitrogen and oxygen atoms in total. The van der Waals surface area contributed by atoms with E-state index >= 15 is 0 Å². The van der Waals surface area contributed by atoms with Gasteiger partial charge in [-0.25, -0.2) is 4.39 Å². The molecule has 0 spiro atoms. The number of hydrogen-bond acceptors (Lipinski definition) is 3. The molecule has 2 aliphatic rings. The molecule has 1 unspecified atom stereocenters. The second kappa shape index (κ2) is 7.35. The minimum atomic E-state index is -0.552. The molecule has 0 fully saturated rings. The molecule has 1 aromatic heterocycles. The zero-order valence-electron chi connectivity index (χ0n) is 15.1. The number of carbonyl (C=O) groups is 2. The molecule has 3 N–H and O–H groups in total. The largest absolute Gasteiger partial charge is 0.330 e. The third kappa shape index (κ3) is 3.52. The number of benzene rings is 1. The summed E-state index contributed by atoms with van der Waals surface area (Å²) in [5.41, 5.74) is 2.61. The average molecular weight is 445 g/mol. The van der Waals surface area contributed by atoms with E-state index < -0.39 is 11.7 Å². The number of rotatable bonds is 3. The maximum Gasteiger partial charge on any atom is 0.254 e. The van der Waals surface area contributed by atoms with Crippen LogP contribution in [0.15, 0.2) is 51.8 Å². The Morgan fingerprint density at radius 3 is 2.89 bits per heavy atom. The minimum absolute atomic E-state index is 0.0788. The third-order valence-corrected chi connectivity index (χ3v) is 5.73. The van der Waals surface area contributed by atoms with Gasteiger partial charge < -0.3 is 10.6 Å². The van der Waals surface area contributed by atoms with Gasteiger partial charge in [-0.2, -0.15) is 5.10 Å². The van der Waals surface area contributed by atoms with E-state index in [1.807, 2.05) is 12.2 Å². The number of anilines is 1. The van der Waals surface area contributed by atoms with Crippen LogP contribution < -0.4 is 10.6 Å². The molecule has 2 heterocycles. The van der Waals surface area contributed by atoms with E-state index in [2.05, 4.69) is 36.8 Å². The minimum Gasteiger partial charge on any atom is -0.330 e. The molecule has 0 saturated carbocycles. The number of nitrogens with one attached hydrogen (secondary N) is 3. The molecular formula is C20H18BrFN4O2. The Bertz CT molecular complexity index is 1080. The van der Waals surface area contributed by atoms with E-state index in [4.69, 9.17) is 0 Å². The summed E-state index contributed by atoms with van der Waals surface area (Å²) in [6.07, 6.45) is 7.24. The number of aromatic amines is 1. The molecule has 8 heteroatoms. The highest BCUT2D eigenvalue weighted by atomic mass is 79.9. The molecule has 1 aliphatic carbocycles. The SMILES string of the molecule is CC1=C(C(=O)Nc2cc3cn[nH]c3cc2F)C(C2=CC=C(Br)CC2)CC(=O)N1. The van der Waals surface area contributed by atoms with Crippen LogP contribution in [0, 0.1) is 11.7 Å². The number of hydrogen-bond donors (Lipinski definition) is 3. The zero-order valence-corrected chi connectivity index (χ0v) is 16.7. The van der Waals surface area contributed by atoms with Crippen molar-refractivity contribution in [3.63, 3.8) is 0 Å². The summed E-state index contributed by atoms with van der Waals surface area (Å²) in [6, 6.07) is 2.84. The summed E-state index contributed by atoms with van der Waals surface area (Å²) in [5.74, 6) is -1.42. The van der Waals surface area contributed by atoms with Crippen molar-refractivity contribution in [2.24, 2.45) is 5.92 Å². The fraction of sp³-hybridized carbons (Fsp3) is 0.250. The van der Waals surface area contributed by atoms with Crippen molar-refractivity contribution in [2.45, 2.75) is 26.2 Å². The highest BCUT2D eigenvalue weighted by Crippen LogP contribution is 2.36. The number of nitrogens with zero attached hydrogens (tertiary/aromatic N) is 1. The first-order valence-corrected chi connectivity index (χ1v) is 9.71. The lowest BCUT2D eigenvalue weighted by Crippen LogP contribution is -2.37. The van der Waals surface area contributed by atoms with Crippen LogP contribution in [0.3, 0.4) is 0 Å². The fourth-order valence-corrected chi connectivity index (χ4v) is 4.02. The van der Waals surface area contributed by atoms with Crippen molar-refractivity contribution in [3.8, 4) is 0 Å². The second-order valence-corrected chi connectivity index (χ2v) is 7.96. The van der Waals surface area contributed by atoms with Crippen LogP contribution in [0.2, 0.25) is 0 Å². The Labute approximate surface area is 169 Å². The number of aromatic nitrogens is 2. The Hall–Kier alpha value is -2.74. The highest BCUT2D eigenvalue weighted by Gasteiger charge is 2.33. The van der Waals surface area contributed by atoms with E-state index in [9.17, 15) is 14.0 Å². The Balaban J connectivity index is 1.67. The summed E-state index contributed by atoms with van der Waals surface area (Å²) < 4.78 is 15.5. The predicted octanol–water partition coefficient (Wildman–Crippen LogP) is 4.05. The zero-order chi connectivity index (χ0) is 19.8. The van der Waals surface area contributed by atoms with Crippen LogP contribution in [0.25, 0.3) is 10.9 Å². The van der Waals surface area contributed by atoms with E-state index in [0.29, 0.717) is 22.2 Å². The van der Waals surface area contributed by atoms with Gasteiger partial charge in [-0.05, 0) is 30.3 Å². The quantitative estimate of drug-likeness (QED) is 0.667. The van der Waals surface area contributed by atoms with Gasteiger partial charge in [0.1, 0.15) is 5.82 Å². The van der Waals surface area contributed by atoms with Gasteiger partial charge in [0.2, 0.25) is 5.91 Å². The van der Waals surface area contributed by atoms with E-state index in [-0.39, 0.29) is 23.9 Å². The smallest absolute Gasteiger partial charge is 0.254 e. The molecule has 4 rings (SSSR count). The van der Waals surface area contributed by atoms with Crippen molar-refractivity contribution >= 4 is 44.3 Å². The van der Waals surface area contributed by atoms with Gasteiger partial charge in [-0.15, -0.1) is 0 Å². The van der Waals surface area contributed by atoms with Crippen molar-refractivity contribution < 1.29 is 14.0 Å². The monoisotopic (exact) mass is 444 g/mol. The highest BCUT2D eigenvalue weighted by molar-refractivity contribution is 9.11. The maximum absolute atomic E-state index is 14.4. The molecule has 1 aromatic carbocycles. The topological polar surface area (TPSA) is 86.9 Å². The number of allylic oxidation sites excluding steroid dienone is 5. The summed E-state index contributed by atoms with van der Waals surface area (Å²) in [6.45, 7) is 1.70. The number of amides is 2. The van der Waals surface area contributed by atoms with Crippen molar-refractivity contribution in [1.82, 2.24) is 15.5 Å². The Kier molecular flexibility index (Phi) is 4.89. The molecule has 2 aromatic rings. The van der Waals surface area contributed by atoms with E-state index in [1.54, 1.807) is 13.1 Å². The lowest BCUT2D eigenvalue weighted by atomic mass is 9.80. The van der Waals surface area contributed by atoms with Crippen LogP contribution in [0.1, 0.15) is 26.2 Å². The molecule has 28 heavy (non-hydrogen) atoms. The number of carbonyl (C=O) groups excluding carboxylic acids is 2. The molecule has 0 radical (unpaired) electrons. The van der Waals surface area contributed by atoms with Crippen molar-refractivity contribution in [3.05, 3.63) is 57.6 Å². The number of H-pyrrole nitrogens is 1. The summed E-state index contributed by atoms with van der Waals surface area (Å²) in [7, 11) is 0. The predicted molar refractivity (Wildman–Crippen MR) is 108 cm³/mol. The van der Waals surface area contributed by atoms with Gasteiger partial charge in [-0.1, -0.05) is 33.7 Å². The van der Waals surface area contributed by atoms with Gasteiger partial charge in [0.25, 0.3) is 5.91 Å². The van der Waals surface area contributed by atoms with Crippen LogP contribution in [-0.4, -0.2) is 22.0 Å². The number of fused-ring (bicyclic) bond motifs is 1. The summed E-state index contributed by atoms with van der Waals surface area (Å²) >= 11 is 3.47. The maximum atomic E-state index is 14.4. The lowest BCUT2D eigenvalue weighted by molar-refractivity contribution is -0.121. The molecule has 0 bridgehead atoms. The van der Waals surface area contributed by atoms with E-state index in [0.717, 1.165) is 22.9 Å². The molecular weight excluding hydrogens is 427 g/mol. The van der Waals surface area contributed by atoms with Gasteiger partial charge in [-0.3, -0.25) is 14.7 Å². The molecule has 144 valence electrons. The first-order chi connectivity index (χ1) is 13.4. The van der Waals surface area contributed by atoms with Gasteiger partial charge in [0, 0.05) is 35.1 Å². The molecule has 1 aliphatic heterocycles. The molecule has 2 amide bonds. The van der Waals surface area contributed by atoms with Gasteiger partial charge in [0.15, 0.2) is 0 Å². The average Bonchev–Trinajstić information content (AvgIpc) is 3.09. The van der Waals surface area contributed by atoms with Crippen LogP contribution in [-0.2, 0) is 9.59 Å². The Morgan fingerprint density at radius 1 is 1.32 bits per heavy atom. The Morgan fingerprint density at radius 2 is 2.14 bits per heavy atom.